The van der Waals surface area contributed by atoms with Gasteiger partial charge in [0.15, 0.2) is 0 Å². The summed E-state index contributed by atoms with van der Waals surface area (Å²) in [5, 5.41) is 18.2. The van der Waals surface area contributed by atoms with Gasteiger partial charge in [-0.05, 0) is 30.6 Å². The molecule has 5 unspecified atom stereocenters. The standard InChI is InChI=1S/C19H33NO7/c1-20-4-5-23-13-19(27-22)14-26-18(10-21)12-25-7-6-24-11-17-9-15-2-3-16(17)8-15/h2-4,15-19,21-22H,5-14H2,1H3. The average molecular weight is 387 g/mol. The summed E-state index contributed by atoms with van der Waals surface area (Å²) in [5.74, 6) is 2.11. The van der Waals surface area contributed by atoms with E-state index in [9.17, 15) is 5.11 Å². The second-order valence-corrected chi connectivity index (χ2v) is 7.03. The quantitative estimate of drug-likeness (QED) is 0.135. The van der Waals surface area contributed by atoms with Gasteiger partial charge in [-0.25, -0.2) is 4.89 Å². The number of aliphatic hydroxyl groups is 1. The molecule has 0 aromatic carbocycles. The topological polar surface area (TPSA) is 99.0 Å². The van der Waals surface area contributed by atoms with Gasteiger partial charge in [-0.2, -0.15) is 0 Å². The zero-order chi connectivity index (χ0) is 19.3. The zero-order valence-electron chi connectivity index (χ0n) is 16.1. The van der Waals surface area contributed by atoms with Gasteiger partial charge in [-0.15, -0.1) is 0 Å². The molecule has 1 saturated carbocycles. The van der Waals surface area contributed by atoms with E-state index in [1.807, 2.05) is 0 Å². The molecule has 156 valence electrons. The smallest absolute Gasteiger partial charge is 0.139 e. The maximum Gasteiger partial charge on any atom is 0.139 e. The number of hydrogen-bond acceptors (Lipinski definition) is 8. The van der Waals surface area contributed by atoms with Crippen molar-refractivity contribution in [2.45, 2.75) is 25.0 Å². The Bertz CT molecular complexity index is 446. The Labute approximate surface area is 161 Å². The molecular formula is C19H33NO7. The largest absolute Gasteiger partial charge is 0.394 e. The van der Waals surface area contributed by atoms with Gasteiger partial charge in [0.25, 0.3) is 0 Å². The van der Waals surface area contributed by atoms with Crippen molar-refractivity contribution in [2.24, 2.45) is 22.7 Å². The Kier molecular flexibility index (Phi) is 11.1. The molecule has 0 saturated heterocycles. The monoisotopic (exact) mass is 387 g/mol. The molecule has 2 bridgehead atoms. The van der Waals surface area contributed by atoms with Gasteiger partial charge in [-0.1, -0.05) is 12.2 Å². The van der Waals surface area contributed by atoms with Gasteiger partial charge in [0.05, 0.1) is 52.9 Å². The molecule has 8 heteroatoms. The Morgan fingerprint density at radius 1 is 1.07 bits per heavy atom. The lowest BCUT2D eigenvalue weighted by Gasteiger charge is -2.20. The fourth-order valence-electron chi connectivity index (χ4n) is 3.49. The maximum absolute atomic E-state index is 9.37. The second kappa shape index (κ2) is 13.3. The fraction of sp³-hybridized carbons (Fsp3) is 0.842. The molecule has 0 spiro atoms. The molecule has 0 aromatic rings. The average Bonchev–Trinajstić information content (AvgIpc) is 3.31. The third-order valence-electron chi connectivity index (χ3n) is 4.97. The normalized spacial score (nSPS) is 26.3. The van der Waals surface area contributed by atoms with E-state index in [1.54, 1.807) is 13.3 Å². The predicted molar refractivity (Wildman–Crippen MR) is 100 cm³/mol. The minimum Gasteiger partial charge on any atom is -0.394 e. The number of aliphatic hydroxyl groups excluding tert-OH is 1. The number of hydrogen-bond donors (Lipinski definition) is 2. The first kappa shape index (κ1) is 22.4. The van der Waals surface area contributed by atoms with Crippen LogP contribution in [-0.4, -0.2) is 88.7 Å². The van der Waals surface area contributed by atoms with E-state index < -0.39 is 12.2 Å². The van der Waals surface area contributed by atoms with Crippen molar-refractivity contribution in [1.82, 2.24) is 0 Å². The molecule has 0 amide bonds. The van der Waals surface area contributed by atoms with Gasteiger partial charge in [-0.3, -0.25) is 10.2 Å². The van der Waals surface area contributed by atoms with Crippen LogP contribution in [0.1, 0.15) is 12.8 Å². The summed E-state index contributed by atoms with van der Waals surface area (Å²) >= 11 is 0. The molecule has 0 radical (unpaired) electrons. The minimum absolute atomic E-state index is 0.0859. The van der Waals surface area contributed by atoms with Gasteiger partial charge in [0.1, 0.15) is 12.2 Å². The summed E-state index contributed by atoms with van der Waals surface area (Å²) in [6.45, 7) is 2.42. The molecule has 5 atom stereocenters. The first-order valence-electron chi connectivity index (χ1n) is 9.61. The van der Waals surface area contributed by atoms with E-state index in [0.717, 1.165) is 12.5 Å². The van der Waals surface area contributed by atoms with Gasteiger partial charge < -0.3 is 24.1 Å². The van der Waals surface area contributed by atoms with Crippen LogP contribution in [-0.2, 0) is 23.8 Å². The number of aliphatic imine (C=N–C) groups is 1. The third kappa shape index (κ3) is 8.35. The Morgan fingerprint density at radius 2 is 1.89 bits per heavy atom. The molecule has 2 aliphatic carbocycles. The van der Waals surface area contributed by atoms with E-state index in [4.69, 9.17) is 24.2 Å². The predicted octanol–water partition coefficient (Wildman–Crippen LogP) is 1.18. The van der Waals surface area contributed by atoms with E-state index in [1.165, 1.54) is 12.8 Å². The van der Waals surface area contributed by atoms with Crippen molar-refractivity contribution < 1.29 is 34.2 Å². The van der Waals surface area contributed by atoms with Crippen LogP contribution >= 0.6 is 0 Å². The summed E-state index contributed by atoms with van der Waals surface area (Å²) in [7, 11) is 1.65. The molecule has 0 aliphatic heterocycles. The Balaban J connectivity index is 1.47. The number of allylic oxidation sites excluding steroid dienone is 2. The lowest BCUT2D eigenvalue weighted by Crippen LogP contribution is -2.32. The molecule has 0 aromatic heterocycles. The van der Waals surface area contributed by atoms with Crippen LogP contribution in [0.2, 0.25) is 0 Å². The van der Waals surface area contributed by atoms with Gasteiger partial charge in [0.2, 0.25) is 0 Å². The lowest BCUT2D eigenvalue weighted by atomic mass is 9.95. The van der Waals surface area contributed by atoms with Crippen molar-refractivity contribution >= 4 is 6.21 Å². The molecule has 8 nitrogen and oxygen atoms in total. The Morgan fingerprint density at radius 3 is 2.56 bits per heavy atom. The van der Waals surface area contributed by atoms with E-state index in [-0.39, 0.29) is 26.4 Å². The van der Waals surface area contributed by atoms with Crippen molar-refractivity contribution in [2.75, 3.05) is 59.9 Å². The summed E-state index contributed by atoms with van der Waals surface area (Å²) in [6.07, 6.45) is 7.67. The first-order valence-corrected chi connectivity index (χ1v) is 9.61. The van der Waals surface area contributed by atoms with Crippen LogP contribution < -0.4 is 0 Å². The van der Waals surface area contributed by atoms with Crippen molar-refractivity contribution in [3.8, 4) is 0 Å². The second-order valence-electron chi connectivity index (χ2n) is 7.03. The lowest BCUT2D eigenvalue weighted by molar-refractivity contribution is -0.297. The summed E-state index contributed by atoms with van der Waals surface area (Å²) < 4.78 is 22.0. The molecule has 2 rings (SSSR count). The summed E-state index contributed by atoms with van der Waals surface area (Å²) in [4.78, 5) is 8.10. The summed E-state index contributed by atoms with van der Waals surface area (Å²) in [6, 6.07) is 0. The SMILES string of the molecule is CN=CCOCC(COC(CO)COCCOCC1CC2C=CC1C2)OO. The van der Waals surface area contributed by atoms with E-state index in [2.05, 4.69) is 22.0 Å². The highest BCUT2D eigenvalue weighted by molar-refractivity contribution is 5.58. The molecule has 0 heterocycles. The number of rotatable bonds is 16. The van der Waals surface area contributed by atoms with Gasteiger partial charge in [0, 0.05) is 13.3 Å². The minimum atomic E-state index is -0.636. The number of fused-ring (bicyclic) bond motifs is 2. The van der Waals surface area contributed by atoms with Gasteiger partial charge >= 0.3 is 0 Å². The van der Waals surface area contributed by atoms with Crippen LogP contribution in [0.3, 0.4) is 0 Å². The molecule has 1 fully saturated rings. The van der Waals surface area contributed by atoms with E-state index >= 15 is 0 Å². The highest BCUT2D eigenvalue weighted by atomic mass is 17.1. The Hall–Kier alpha value is -0.870. The molecule has 2 N–H and O–H groups in total. The summed E-state index contributed by atoms with van der Waals surface area (Å²) in [5.41, 5.74) is 0. The van der Waals surface area contributed by atoms with Crippen LogP contribution in [0.5, 0.6) is 0 Å². The van der Waals surface area contributed by atoms with Crippen LogP contribution in [0.4, 0.5) is 0 Å². The molecule has 27 heavy (non-hydrogen) atoms. The zero-order valence-corrected chi connectivity index (χ0v) is 16.1. The highest BCUT2D eigenvalue weighted by Crippen LogP contribution is 2.43. The number of ether oxygens (including phenoxy) is 4. The number of nitrogens with zero attached hydrogens (tertiary/aromatic N) is 1. The van der Waals surface area contributed by atoms with Crippen molar-refractivity contribution in [1.29, 1.82) is 0 Å². The fourth-order valence-corrected chi connectivity index (χ4v) is 3.49. The van der Waals surface area contributed by atoms with Crippen molar-refractivity contribution in [3.63, 3.8) is 0 Å². The van der Waals surface area contributed by atoms with Crippen molar-refractivity contribution in [3.05, 3.63) is 12.2 Å². The van der Waals surface area contributed by atoms with Crippen LogP contribution in [0, 0.1) is 17.8 Å². The maximum atomic E-state index is 9.37. The third-order valence-corrected chi connectivity index (χ3v) is 4.97. The van der Waals surface area contributed by atoms with E-state index in [0.29, 0.717) is 31.7 Å². The molecular weight excluding hydrogens is 354 g/mol. The molecule has 2 aliphatic rings. The van der Waals surface area contributed by atoms with Crippen LogP contribution in [0.25, 0.3) is 0 Å². The highest BCUT2D eigenvalue weighted by Gasteiger charge is 2.35. The van der Waals surface area contributed by atoms with Crippen LogP contribution in [0.15, 0.2) is 17.1 Å². The first-order chi connectivity index (χ1) is 13.3.